The van der Waals surface area contributed by atoms with Crippen LogP contribution in [0.1, 0.15) is 16.8 Å². The highest BCUT2D eigenvalue weighted by Crippen LogP contribution is 2.31. The van der Waals surface area contributed by atoms with Crippen LogP contribution in [0.15, 0.2) is 59.3 Å². The molecule has 2 heterocycles. The van der Waals surface area contributed by atoms with Crippen LogP contribution in [-0.2, 0) is 28.7 Å². The van der Waals surface area contributed by atoms with Crippen molar-refractivity contribution in [1.82, 2.24) is 10.1 Å². The molecule has 160 valence electrons. The Hall–Kier alpha value is -3.75. The lowest BCUT2D eigenvalue weighted by Gasteiger charge is -2.06. The van der Waals surface area contributed by atoms with Crippen LogP contribution in [-0.4, -0.2) is 23.2 Å². The molecule has 1 N–H and O–H groups in total. The molecule has 31 heavy (non-hydrogen) atoms. The van der Waals surface area contributed by atoms with Crippen LogP contribution in [0.5, 0.6) is 5.75 Å². The molecule has 0 unspecified atom stereocenters. The Morgan fingerprint density at radius 2 is 1.90 bits per heavy atom. The highest BCUT2D eigenvalue weighted by molar-refractivity contribution is 5.88. The summed E-state index contributed by atoms with van der Waals surface area (Å²) in [4.78, 5) is 14.7. The predicted molar refractivity (Wildman–Crippen MR) is 105 cm³/mol. The topological polar surface area (TPSA) is 77.4 Å². The smallest absolute Gasteiger partial charge is 0.416 e. The summed E-state index contributed by atoms with van der Waals surface area (Å²) in [5.41, 5.74) is 1.88. The lowest BCUT2D eigenvalue weighted by Crippen LogP contribution is -2.03. The molecule has 4 aromatic rings. The number of nitrogens with one attached hydrogen (secondary N) is 1. The molecule has 2 aromatic carbocycles. The summed E-state index contributed by atoms with van der Waals surface area (Å²) < 4.78 is 53.8. The van der Waals surface area contributed by atoms with Crippen molar-refractivity contribution in [3.63, 3.8) is 0 Å². The van der Waals surface area contributed by atoms with Crippen molar-refractivity contribution in [2.75, 3.05) is 7.11 Å². The van der Waals surface area contributed by atoms with E-state index in [2.05, 4.69) is 10.1 Å². The SMILES string of the molecule is COC(=O)Cc1c[nH]c2ccc(OCc3cc(-c4ccc(C(F)(F)F)cc4)on3)cc12. The normalized spacial score (nSPS) is 11.6. The van der Waals surface area contributed by atoms with Crippen molar-refractivity contribution in [3.05, 3.63) is 71.5 Å². The van der Waals surface area contributed by atoms with Crippen LogP contribution in [0.3, 0.4) is 0 Å². The van der Waals surface area contributed by atoms with E-state index in [1.165, 1.54) is 19.2 Å². The lowest BCUT2D eigenvalue weighted by molar-refractivity contribution is -0.140. The lowest BCUT2D eigenvalue weighted by atomic mass is 10.1. The number of ether oxygens (including phenoxy) is 2. The molecular formula is C22H17F3N2O4. The van der Waals surface area contributed by atoms with Crippen LogP contribution in [0.4, 0.5) is 13.2 Å². The Labute approximate surface area is 174 Å². The number of hydrogen-bond donors (Lipinski definition) is 1. The highest BCUT2D eigenvalue weighted by Gasteiger charge is 2.30. The Morgan fingerprint density at radius 1 is 1.13 bits per heavy atom. The van der Waals surface area contributed by atoms with Gasteiger partial charge in [0, 0.05) is 28.7 Å². The van der Waals surface area contributed by atoms with Crippen LogP contribution in [0.25, 0.3) is 22.2 Å². The van der Waals surface area contributed by atoms with Crippen molar-refractivity contribution < 1.29 is 32.0 Å². The number of aromatic amines is 1. The number of carbonyl (C=O) groups is 1. The van der Waals surface area contributed by atoms with E-state index in [-0.39, 0.29) is 19.0 Å². The molecular weight excluding hydrogens is 413 g/mol. The first-order valence-electron chi connectivity index (χ1n) is 9.26. The molecule has 6 nitrogen and oxygen atoms in total. The number of rotatable bonds is 6. The number of carbonyl (C=O) groups excluding carboxylic acids is 1. The van der Waals surface area contributed by atoms with Gasteiger partial charge in [0.1, 0.15) is 18.1 Å². The zero-order valence-electron chi connectivity index (χ0n) is 16.3. The number of nitrogens with zero attached hydrogens (tertiary/aromatic N) is 1. The highest BCUT2D eigenvalue weighted by atomic mass is 19.4. The van der Waals surface area contributed by atoms with Crippen LogP contribution in [0, 0.1) is 0 Å². The third kappa shape index (κ3) is 4.55. The van der Waals surface area contributed by atoms with E-state index >= 15 is 0 Å². The molecule has 0 radical (unpaired) electrons. The Morgan fingerprint density at radius 3 is 2.61 bits per heavy atom. The van der Waals surface area contributed by atoms with Gasteiger partial charge in [0.25, 0.3) is 0 Å². The van der Waals surface area contributed by atoms with Gasteiger partial charge in [-0.3, -0.25) is 4.79 Å². The quantitative estimate of drug-likeness (QED) is 0.429. The third-order valence-corrected chi connectivity index (χ3v) is 4.74. The van der Waals surface area contributed by atoms with E-state index in [0.29, 0.717) is 22.8 Å². The summed E-state index contributed by atoms with van der Waals surface area (Å²) in [7, 11) is 1.34. The van der Waals surface area contributed by atoms with E-state index in [9.17, 15) is 18.0 Å². The van der Waals surface area contributed by atoms with Crippen molar-refractivity contribution in [2.45, 2.75) is 19.2 Å². The molecule has 0 amide bonds. The fraction of sp³-hybridized carbons (Fsp3) is 0.182. The molecule has 0 spiro atoms. The molecule has 0 aliphatic rings. The first-order valence-corrected chi connectivity index (χ1v) is 9.26. The van der Waals surface area contributed by atoms with E-state index in [1.54, 1.807) is 24.4 Å². The van der Waals surface area contributed by atoms with Crippen molar-refractivity contribution in [3.8, 4) is 17.1 Å². The molecule has 4 rings (SSSR count). The maximum atomic E-state index is 12.7. The minimum absolute atomic E-state index is 0.104. The molecule has 0 aliphatic carbocycles. The van der Waals surface area contributed by atoms with E-state index in [0.717, 1.165) is 28.6 Å². The molecule has 0 bridgehead atoms. The van der Waals surface area contributed by atoms with Crippen molar-refractivity contribution in [2.24, 2.45) is 0 Å². The van der Waals surface area contributed by atoms with Crippen LogP contribution in [0.2, 0.25) is 0 Å². The van der Waals surface area contributed by atoms with Crippen LogP contribution >= 0.6 is 0 Å². The number of alkyl halides is 3. The number of esters is 1. The Kier molecular flexibility index (Phi) is 5.41. The predicted octanol–water partition coefficient (Wildman–Crippen LogP) is 5.14. The summed E-state index contributed by atoms with van der Waals surface area (Å²) in [6, 6.07) is 11.7. The summed E-state index contributed by atoms with van der Waals surface area (Å²) in [6.45, 7) is 0.104. The summed E-state index contributed by atoms with van der Waals surface area (Å²) in [5, 5.41) is 4.75. The first kappa shape index (κ1) is 20.5. The average molecular weight is 430 g/mol. The van der Waals surface area contributed by atoms with Gasteiger partial charge < -0.3 is 19.0 Å². The third-order valence-electron chi connectivity index (χ3n) is 4.74. The maximum Gasteiger partial charge on any atom is 0.416 e. The van der Waals surface area contributed by atoms with Crippen molar-refractivity contribution >= 4 is 16.9 Å². The first-order chi connectivity index (χ1) is 14.8. The minimum Gasteiger partial charge on any atom is -0.487 e. The fourth-order valence-corrected chi connectivity index (χ4v) is 3.12. The van der Waals surface area contributed by atoms with Gasteiger partial charge in [-0.25, -0.2) is 0 Å². The fourth-order valence-electron chi connectivity index (χ4n) is 3.12. The maximum absolute atomic E-state index is 12.7. The number of benzene rings is 2. The average Bonchev–Trinajstić information content (AvgIpc) is 3.39. The second-order valence-electron chi connectivity index (χ2n) is 6.82. The Bertz CT molecular complexity index is 1210. The zero-order chi connectivity index (χ0) is 22.0. The van der Waals surface area contributed by atoms with Gasteiger partial charge in [0.15, 0.2) is 5.76 Å². The second-order valence-corrected chi connectivity index (χ2v) is 6.82. The molecule has 0 saturated carbocycles. The number of H-pyrrole nitrogens is 1. The molecule has 2 aromatic heterocycles. The van der Waals surface area contributed by atoms with Gasteiger partial charge in [-0.1, -0.05) is 17.3 Å². The van der Waals surface area contributed by atoms with E-state index < -0.39 is 11.7 Å². The van der Waals surface area contributed by atoms with Gasteiger partial charge in [-0.05, 0) is 35.9 Å². The molecule has 9 heteroatoms. The number of halogens is 3. The van der Waals surface area contributed by atoms with Gasteiger partial charge in [-0.15, -0.1) is 0 Å². The standard InChI is InChI=1S/C22H17F3N2O4/c1-29-21(28)8-14-11-26-19-7-6-17(10-18(14)19)30-12-16-9-20(31-27-16)13-2-4-15(5-3-13)22(23,24)25/h2-7,9-11,26H,8,12H2,1H3. The van der Waals surface area contributed by atoms with Gasteiger partial charge in [0.05, 0.1) is 19.1 Å². The molecule has 0 fully saturated rings. The van der Waals surface area contributed by atoms with Gasteiger partial charge in [-0.2, -0.15) is 13.2 Å². The minimum atomic E-state index is -4.39. The largest absolute Gasteiger partial charge is 0.487 e. The summed E-state index contributed by atoms with van der Waals surface area (Å²) in [5.74, 6) is 0.566. The van der Waals surface area contributed by atoms with E-state index in [1.807, 2.05) is 6.07 Å². The van der Waals surface area contributed by atoms with Crippen LogP contribution < -0.4 is 4.74 Å². The van der Waals surface area contributed by atoms with E-state index in [4.69, 9.17) is 14.0 Å². The molecule has 0 saturated heterocycles. The number of hydrogen-bond acceptors (Lipinski definition) is 5. The number of fused-ring (bicyclic) bond motifs is 1. The van der Waals surface area contributed by atoms with Gasteiger partial charge in [0.2, 0.25) is 0 Å². The number of aromatic nitrogens is 2. The van der Waals surface area contributed by atoms with Crippen molar-refractivity contribution in [1.29, 1.82) is 0 Å². The van der Waals surface area contributed by atoms with Gasteiger partial charge >= 0.3 is 12.1 Å². The summed E-state index contributed by atoms with van der Waals surface area (Å²) in [6.07, 6.45) is -2.50. The number of methoxy groups -OCH3 is 1. The molecule has 0 atom stereocenters. The zero-order valence-corrected chi connectivity index (χ0v) is 16.3. The second kappa shape index (κ2) is 8.17. The monoisotopic (exact) mass is 430 g/mol. The Balaban J connectivity index is 1.45. The summed E-state index contributed by atoms with van der Waals surface area (Å²) >= 11 is 0. The molecule has 0 aliphatic heterocycles.